The van der Waals surface area contributed by atoms with Crippen molar-refractivity contribution in [1.82, 2.24) is 20.2 Å². The molecule has 0 aliphatic rings. The van der Waals surface area contributed by atoms with Gasteiger partial charge in [0.1, 0.15) is 35.5 Å². The van der Waals surface area contributed by atoms with E-state index >= 15 is 0 Å². The molecular weight excluding hydrogens is 486 g/mol. The van der Waals surface area contributed by atoms with E-state index in [1.165, 1.54) is 0 Å². The molecule has 0 amide bonds. The van der Waals surface area contributed by atoms with E-state index in [-0.39, 0.29) is 92.3 Å². The molecule has 4 rings (SSSR count). The molecule has 0 bridgehead atoms. The van der Waals surface area contributed by atoms with Crippen LogP contribution in [0.3, 0.4) is 0 Å². The Balaban J connectivity index is 0.00000181. The summed E-state index contributed by atoms with van der Waals surface area (Å²) in [5.74, 6) is 0.821. The third kappa shape index (κ3) is 6.85. The maximum atomic E-state index is 10.0. The number of rotatable bonds is 9. The summed E-state index contributed by atoms with van der Waals surface area (Å²) >= 11 is 1.17. The maximum Gasteiger partial charge on any atom is 1.00 e. The Kier molecular flexibility index (Phi) is 11.8. The van der Waals surface area contributed by atoms with Crippen LogP contribution in [-0.2, 0) is 18.7 Å². The van der Waals surface area contributed by atoms with E-state index in [4.69, 9.17) is 8.83 Å². The van der Waals surface area contributed by atoms with Crippen molar-refractivity contribution >= 4 is 24.1 Å². The van der Waals surface area contributed by atoms with Crippen LogP contribution < -0.4 is 69.6 Å². The molecule has 16 heteroatoms. The van der Waals surface area contributed by atoms with Gasteiger partial charge in [0.2, 0.25) is 5.82 Å². The SMILES string of the molecule is [Na+].[Na+].[O-]OOSc1ccc(-c2nnc(-c3ccccn3)nc2-c2ccc(SOO[O-])o2)o1. The maximum absolute atomic E-state index is 10.0. The molecule has 0 spiro atoms. The van der Waals surface area contributed by atoms with Crippen LogP contribution in [0.15, 0.2) is 67.7 Å². The third-order valence-corrected chi connectivity index (χ3v) is 4.51. The number of hydrogen-bond donors (Lipinski definition) is 0. The summed E-state index contributed by atoms with van der Waals surface area (Å²) in [5.41, 5.74) is 1.03. The predicted octanol–water partition coefficient (Wildman–Crippen LogP) is -4.08. The van der Waals surface area contributed by atoms with Gasteiger partial charge in [-0.05, 0) is 36.4 Å². The minimum Gasteiger partial charge on any atom is -0.691 e. The van der Waals surface area contributed by atoms with Crippen molar-refractivity contribution in [1.29, 1.82) is 0 Å². The van der Waals surface area contributed by atoms with Crippen molar-refractivity contribution in [2.75, 3.05) is 0 Å². The number of nitrogens with zero attached hydrogens (tertiary/aromatic N) is 4. The summed E-state index contributed by atoms with van der Waals surface area (Å²) in [6.45, 7) is 0. The van der Waals surface area contributed by atoms with Crippen molar-refractivity contribution in [3.63, 3.8) is 0 Å². The molecule has 4 heterocycles. The van der Waals surface area contributed by atoms with E-state index in [1.54, 1.807) is 48.7 Å². The molecule has 154 valence electrons. The van der Waals surface area contributed by atoms with Crippen molar-refractivity contribution in [3.8, 4) is 34.4 Å². The molecule has 0 N–H and O–H groups in total. The molecule has 0 radical (unpaired) electrons. The molecule has 4 aromatic heterocycles. The van der Waals surface area contributed by atoms with E-state index in [2.05, 4.69) is 38.9 Å². The Labute approximate surface area is 232 Å². The Bertz CT molecular complexity index is 1120. The molecule has 0 aliphatic heterocycles. The fourth-order valence-electron chi connectivity index (χ4n) is 2.35. The van der Waals surface area contributed by atoms with E-state index in [0.717, 1.165) is 0 Å². The smallest absolute Gasteiger partial charge is 0.691 e. The number of hydrogen-bond acceptors (Lipinski definition) is 14. The molecule has 0 atom stereocenters. The van der Waals surface area contributed by atoms with Gasteiger partial charge in [0.05, 0.1) is 0 Å². The molecule has 0 saturated carbocycles. The predicted molar refractivity (Wildman–Crippen MR) is 94.5 cm³/mol. The van der Waals surface area contributed by atoms with E-state index in [0.29, 0.717) is 35.5 Å². The van der Waals surface area contributed by atoms with Crippen molar-refractivity contribution in [2.45, 2.75) is 10.2 Å². The van der Waals surface area contributed by atoms with Crippen LogP contribution in [-0.4, -0.2) is 20.2 Å². The van der Waals surface area contributed by atoms with Gasteiger partial charge in [-0.25, -0.2) is 4.98 Å². The number of aromatic nitrogens is 4. The summed E-state index contributed by atoms with van der Waals surface area (Å²) in [6, 6.07) is 11.5. The first-order valence-electron chi connectivity index (χ1n) is 7.91. The van der Waals surface area contributed by atoms with Gasteiger partial charge in [0.25, 0.3) is 0 Å². The van der Waals surface area contributed by atoms with Crippen LogP contribution >= 0.6 is 24.1 Å². The molecule has 0 fully saturated rings. The zero-order valence-corrected chi connectivity index (χ0v) is 22.1. The van der Waals surface area contributed by atoms with Gasteiger partial charge in [-0.1, -0.05) is 6.07 Å². The molecule has 0 aliphatic carbocycles. The summed E-state index contributed by atoms with van der Waals surface area (Å²) in [4.78, 5) is 8.72. The van der Waals surface area contributed by atoms with Crippen LogP contribution in [0.1, 0.15) is 0 Å². The van der Waals surface area contributed by atoms with Crippen molar-refractivity contribution < 1.29 is 97.2 Å². The summed E-state index contributed by atoms with van der Waals surface area (Å²) in [6.07, 6.45) is 1.60. The average molecular weight is 494 g/mol. The molecule has 32 heavy (non-hydrogen) atoms. The fourth-order valence-corrected chi connectivity index (χ4v) is 3.03. The van der Waals surface area contributed by atoms with E-state index < -0.39 is 0 Å². The Morgan fingerprint density at radius 2 is 1.38 bits per heavy atom. The first kappa shape index (κ1) is 27.4. The first-order chi connectivity index (χ1) is 14.8. The largest absolute Gasteiger partial charge is 1.00 e. The second kappa shape index (κ2) is 13.8. The van der Waals surface area contributed by atoms with Gasteiger partial charge in [-0.3, -0.25) is 15.1 Å². The van der Waals surface area contributed by atoms with Crippen LogP contribution in [0, 0.1) is 0 Å². The zero-order chi connectivity index (χ0) is 20.8. The summed E-state index contributed by atoms with van der Waals surface area (Å²) < 4.78 is 19.7. The van der Waals surface area contributed by atoms with Crippen LogP contribution in [0.2, 0.25) is 0 Å². The molecule has 0 saturated heterocycles. The minimum atomic E-state index is 0. The quantitative estimate of drug-likeness (QED) is 0.0956. The summed E-state index contributed by atoms with van der Waals surface area (Å²) in [5, 5.41) is 35.4. The minimum absolute atomic E-state index is 0. The molecule has 4 aromatic rings. The Morgan fingerprint density at radius 1 is 0.750 bits per heavy atom. The molecule has 0 unspecified atom stereocenters. The fraction of sp³-hybridized carbons (Fsp3) is 0. The van der Waals surface area contributed by atoms with Gasteiger partial charge >= 0.3 is 59.1 Å². The van der Waals surface area contributed by atoms with Crippen molar-refractivity contribution in [2.24, 2.45) is 0 Å². The number of furan rings is 2. The third-order valence-electron chi connectivity index (χ3n) is 3.50. The van der Waals surface area contributed by atoms with Crippen LogP contribution in [0.5, 0.6) is 0 Å². The van der Waals surface area contributed by atoms with Crippen molar-refractivity contribution in [3.05, 3.63) is 48.7 Å². The normalized spacial score (nSPS) is 10.4. The molecular formula is C16H8N4Na2O8S2. The second-order valence-corrected chi connectivity index (χ2v) is 6.63. The van der Waals surface area contributed by atoms with Gasteiger partial charge in [-0.2, -0.15) is 8.67 Å². The first-order valence-corrected chi connectivity index (χ1v) is 9.39. The second-order valence-electron chi connectivity index (χ2n) is 5.22. The Hall–Kier alpha value is -0.820. The average Bonchev–Trinajstić information content (AvgIpc) is 3.46. The zero-order valence-electron chi connectivity index (χ0n) is 16.5. The number of pyridine rings is 1. The van der Waals surface area contributed by atoms with Gasteiger partial charge in [0.15, 0.2) is 27.4 Å². The monoisotopic (exact) mass is 494 g/mol. The standard InChI is InChI=1S/C16H10N4O8S2.2Na/c21-25-27-29-12-6-4-10(23-12)14-15(11-5-7-13(24-11)30-28-26-22)19-20-16(18-14)9-3-1-2-8-17-9;;/h1-8,21-22H;;/q;2*+1/p-2. The van der Waals surface area contributed by atoms with Gasteiger partial charge in [0, 0.05) is 6.20 Å². The van der Waals surface area contributed by atoms with E-state index in [9.17, 15) is 10.5 Å². The van der Waals surface area contributed by atoms with Gasteiger partial charge in [-0.15, -0.1) is 10.2 Å². The van der Waals surface area contributed by atoms with Crippen LogP contribution in [0.25, 0.3) is 34.4 Å². The molecule has 0 aromatic carbocycles. The van der Waals surface area contributed by atoms with Gasteiger partial charge < -0.3 is 19.3 Å². The summed E-state index contributed by atoms with van der Waals surface area (Å²) in [7, 11) is 0. The topological polar surface area (TPSA) is 161 Å². The van der Waals surface area contributed by atoms with Crippen LogP contribution in [0.4, 0.5) is 0 Å². The van der Waals surface area contributed by atoms with E-state index in [1.807, 2.05) is 0 Å². The molecule has 12 nitrogen and oxygen atoms in total. The Morgan fingerprint density at radius 3 is 1.94 bits per heavy atom.